The highest BCUT2D eigenvalue weighted by atomic mass is 16.1. The van der Waals surface area contributed by atoms with Gasteiger partial charge in [0.05, 0.1) is 0 Å². The lowest BCUT2D eigenvalue weighted by Gasteiger charge is -2.38. The van der Waals surface area contributed by atoms with Crippen LogP contribution < -0.4 is 0 Å². The van der Waals surface area contributed by atoms with Gasteiger partial charge < -0.3 is 0 Å². The molecule has 0 saturated heterocycles. The third-order valence-corrected chi connectivity index (χ3v) is 3.30. The van der Waals surface area contributed by atoms with Gasteiger partial charge in [-0.1, -0.05) is 38.2 Å². The molecule has 13 heavy (non-hydrogen) atoms. The second-order valence-corrected chi connectivity index (χ2v) is 4.17. The Morgan fingerprint density at radius 2 is 2.23 bits per heavy atom. The molecule has 0 bridgehead atoms. The van der Waals surface area contributed by atoms with Crippen LogP contribution in [-0.2, 0) is 4.79 Å². The van der Waals surface area contributed by atoms with E-state index >= 15 is 0 Å². The van der Waals surface area contributed by atoms with Gasteiger partial charge in [-0.25, -0.2) is 0 Å². The summed E-state index contributed by atoms with van der Waals surface area (Å²) in [5.74, 6) is 0.682. The van der Waals surface area contributed by atoms with E-state index in [9.17, 15) is 4.79 Å². The van der Waals surface area contributed by atoms with E-state index in [1.54, 1.807) is 6.08 Å². The summed E-state index contributed by atoms with van der Waals surface area (Å²) in [7, 11) is 0. The van der Waals surface area contributed by atoms with E-state index in [2.05, 4.69) is 26.0 Å². The average Bonchev–Trinajstić information content (AvgIpc) is 2.07. The molecule has 0 heterocycles. The first-order valence-corrected chi connectivity index (χ1v) is 4.74. The van der Waals surface area contributed by atoms with Gasteiger partial charge in [0.25, 0.3) is 0 Å². The molecule has 0 amide bonds. The standard InChI is InChI=1S/C12H14O/c1-9-7-11(13)8-10-5-3-4-6-12(9,10)2/h3-6,8-9H,7H2,1-2H3. The molecule has 2 atom stereocenters. The van der Waals surface area contributed by atoms with Crippen LogP contribution in [0.25, 0.3) is 0 Å². The summed E-state index contributed by atoms with van der Waals surface area (Å²) in [4.78, 5) is 11.3. The van der Waals surface area contributed by atoms with Crippen molar-refractivity contribution >= 4 is 5.78 Å². The van der Waals surface area contributed by atoms with Crippen molar-refractivity contribution in [3.05, 3.63) is 36.0 Å². The fourth-order valence-corrected chi connectivity index (χ4v) is 2.09. The number of carbonyl (C=O) groups excluding carboxylic acids is 1. The minimum atomic E-state index is 0.0860. The van der Waals surface area contributed by atoms with Crippen molar-refractivity contribution in [1.82, 2.24) is 0 Å². The molecule has 2 aliphatic rings. The van der Waals surface area contributed by atoms with Crippen molar-refractivity contribution in [2.45, 2.75) is 20.3 Å². The fraction of sp³-hybridized carbons (Fsp3) is 0.417. The summed E-state index contributed by atoms with van der Waals surface area (Å²) in [5, 5.41) is 0. The Hall–Kier alpha value is -1.11. The van der Waals surface area contributed by atoms with E-state index in [4.69, 9.17) is 0 Å². The van der Waals surface area contributed by atoms with Crippen LogP contribution in [0.15, 0.2) is 36.0 Å². The van der Waals surface area contributed by atoms with Crippen LogP contribution in [0.4, 0.5) is 0 Å². The zero-order valence-electron chi connectivity index (χ0n) is 8.08. The third-order valence-electron chi connectivity index (χ3n) is 3.30. The molecule has 2 unspecified atom stereocenters. The van der Waals surface area contributed by atoms with Crippen LogP contribution in [0.1, 0.15) is 20.3 Å². The maximum absolute atomic E-state index is 11.3. The fourth-order valence-electron chi connectivity index (χ4n) is 2.09. The molecule has 0 fully saturated rings. The zero-order chi connectivity index (χ0) is 9.47. The Balaban J connectivity index is 2.50. The summed E-state index contributed by atoms with van der Waals surface area (Å²) in [6.45, 7) is 4.35. The quantitative estimate of drug-likeness (QED) is 0.551. The Kier molecular flexibility index (Phi) is 1.76. The number of fused-ring (bicyclic) bond motifs is 1. The van der Waals surface area contributed by atoms with Gasteiger partial charge in [0.2, 0.25) is 0 Å². The summed E-state index contributed by atoms with van der Waals surface area (Å²) in [6.07, 6.45) is 10.8. The summed E-state index contributed by atoms with van der Waals surface area (Å²) in [5.41, 5.74) is 1.25. The number of hydrogen-bond donors (Lipinski definition) is 0. The lowest BCUT2D eigenvalue weighted by Crippen LogP contribution is -2.31. The molecule has 68 valence electrons. The topological polar surface area (TPSA) is 17.1 Å². The Morgan fingerprint density at radius 1 is 1.46 bits per heavy atom. The average molecular weight is 174 g/mol. The molecule has 2 aliphatic carbocycles. The lowest BCUT2D eigenvalue weighted by molar-refractivity contribution is -0.116. The van der Waals surface area contributed by atoms with Crippen LogP contribution in [-0.4, -0.2) is 5.78 Å². The second-order valence-electron chi connectivity index (χ2n) is 4.17. The van der Waals surface area contributed by atoms with Gasteiger partial charge in [0, 0.05) is 11.8 Å². The molecule has 0 spiro atoms. The van der Waals surface area contributed by atoms with E-state index in [0.717, 1.165) is 0 Å². The van der Waals surface area contributed by atoms with Crippen molar-refractivity contribution in [1.29, 1.82) is 0 Å². The molecule has 0 radical (unpaired) electrons. The van der Waals surface area contributed by atoms with Crippen LogP contribution in [0.3, 0.4) is 0 Å². The third kappa shape index (κ3) is 1.19. The van der Waals surface area contributed by atoms with Gasteiger partial charge >= 0.3 is 0 Å². The molecule has 0 aromatic heterocycles. The van der Waals surface area contributed by atoms with Gasteiger partial charge in [0.1, 0.15) is 0 Å². The van der Waals surface area contributed by atoms with Crippen LogP contribution in [0, 0.1) is 11.3 Å². The highest BCUT2D eigenvalue weighted by Gasteiger charge is 2.36. The van der Waals surface area contributed by atoms with Crippen molar-refractivity contribution in [3.63, 3.8) is 0 Å². The van der Waals surface area contributed by atoms with Gasteiger partial charge in [0.15, 0.2) is 5.78 Å². The predicted molar refractivity (Wildman–Crippen MR) is 53.3 cm³/mol. The Labute approximate surface area is 78.8 Å². The van der Waals surface area contributed by atoms with Gasteiger partial charge in [-0.15, -0.1) is 0 Å². The number of allylic oxidation sites excluding steroid dienone is 6. The van der Waals surface area contributed by atoms with E-state index in [0.29, 0.717) is 12.3 Å². The predicted octanol–water partition coefficient (Wildman–Crippen LogP) is 2.65. The summed E-state index contributed by atoms with van der Waals surface area (Å²) >= 11 is 0. The molecule has 0 aliphatic heterocycles. The van der Waals surface area contributed by atoms with E-state index < -0.39 is 0 Å². The van der Waals surface area contributed by atoms with Crippen LogP contribution in [0.5, 0.6) is 0 Å². The van der Waals surface area contributed by atoms with Crippen molar-refractivity contribution < 1.29 is 4.79 Å². The number of rotatable bonds is 0. The highest BCUT2D eigenvalue weighted by molar-refractivity contribution is 5.92. The molecule has 1 heteroatoms. The van der Waals surface area contributed by atoms with Gasteiger partial charge in [-0.05, 0) is 17.6 Å². The van der Waals surface area contributed by atoms with Gasteiger partial charge in [-0.2, -0.15) is 0 Å². The smallest absolute Gasteiger partial charge is 0.156 e. The molecular weight excluding hydrogens is 160 g/mol. The molecule has 0 saturated carbocycles. The minimum absolute atomic E-state index is 0.0860. The van der Waals surface area contributed by atoms with Crippen molar-refractivity contribution in [2.24, 2.45) is 11.3 Å². The molecule has 2 rings (SSSR count). The molecular formula is C12H14O. The van der Waals surface area contributed by atoms with Crippen LogP contribution in [0.2, 0.25) is 0 Å². The SMILES string of the molecule is CC1CC(=O)C=C2C=CC=CC21C. The maximum Gasteiger partial charge on any atom is 0.156 e. The van der Waals surface area contributed by atoms with E-state index in [-0.39, 0.29) is 11.2 Å². The lowest BCUT2D eigenvalue weighted by atomic mass is 9.65. The molecule has 1 nitrogen and oxygen atoms in total. The number of carbonyl (C=O) groups is 1. The molecule has 0 N–H and O–H groups in total. The molecule has 0 aromatic carbocycles. The first-order chi connectivity index (χ1) is 6.13. The highest BCUT2D eigenvalue weighted by Crippen LogP contribution is 2.44. The minimum Gasteiger partial charge on any atom is -0.295 e. The monoisotopic (exact) mass is 174 g/mol. The largest absolute Gasteiger partial charge is 0.295 e. The zero-order valence-corrected chi connectivity index (χ0v) is 8.08. The molecule has 0 aromatic rings. The van der Waals surface area contributed by atoms with Gasteiger partial charge in [-0.3, -0.25) is 4.79 Å². The first kappa shape index (κ1) is 8.49. The Bertz CT molecular complexity index is 333. The van der Waals surface area contributed by atoms with E-state index in [1.807, 2.05) is 12.2 Å². The normalized spacial score (nSPS) is 37.2. The van der Waals surface area contributed by atoms with E-state index in [1.165, 1.54) is 5.57 Å². The maximum atomic E-state index is 11.3. The number of ketones is 1. The van der Waals surface area contributed by atoms with Crippen molar-refractivity contribution in [3.8, 4) is 0 Å². The summed E-state index contributed by atoms with van der Waals surface area (Å²) < 4.78 is 0. The Morgan fingerprint density at radius 3 is 3.00 bits per heavy atom. The summed E-state index contributed by atoms with van der Waals surface area (Å²) in [6, 6.07) is 0. The first-order valence-electron chi connectivity index (χ1n) is 4.74. The number of hydrogen-bond acceptors (Lipinski definition) is 1. The van der Waals surface area contributed by atoms with Crippen LogP contribution >= 0.6 is 0 Å². The van der Waals surface area contributed by atoms with Crippen molar-refractivity contribution in [2.75, 3.05) is 0 Å². The second kappa shape index (κ2) is 2.69.